The first kappa shape index (κ1) is 18.0. The molecular formula is C11H25O6P. The van der Waals surface area contributed by atoms with E-state index in [1.54, 1.807) is 0 Å². The quantitative estimate of drug-likeness (QED) is 0.411. The van der Waals surface area contributed by atoms with Crippen LogP contribution in [0.2, 0.25) is 0 Å². The first-order valence-electron chi connectivity index (χ1n) is 6.14. The van der Waals surface area contributed by atoms with E-state index in [1.165, 1.54) is 13.8 Å². The van der Waals surface area contributed by atoms with Gasteiger partial charge in [0.2, 0.25) is 0 Å². The summed E-state index contributed by atoms with van der Waals surface area (Å²) in [4.78, 5) is 9.95. The molecule has 0 radical (unpaired) electrons. The average Bonchev–Trinajstić information content (AvgIpc) is 2.29. The van der Waals surface area contributed by atoms with E-state index in [-0.39, 0.29) is 19.8 Å². The van der Waals surface area contributed by atoms with Gasteiger partial charge in [0.05, 0.1) is 37.7 Å². The van der Waals surface area contributed by atoms with E-state index in [0.717, 1.165) is 6.42 Å². The maximum atomic E-state index is 12.2. The minimum Gasteiger partial charge on any atom is -0.394 e. The molecule has 0 aromatic heterocycles. The molecule has 0 spiro atoms. The summed E-state index contributed by atoms with van der Waals surface area (Å²) < 4.78 is 22.4. The number of aliphatic hydroxyl groups is 2. The maximum Gasteiger partial charge on any atom is 0.336 e. The lowest BCUT2D eigenvalue weighted by Crippen LogP contribution is -2.42. The van der Waals surface area contributed by atoms with Crippen LogP contribution in [0.15, 0.2) is 0 Å². The van der Waals surface area contributed by atoms with Crippen molar-refractivity contribution in [3.05, 3.63) is 0 Å². The van der Waals surface area contributed by atoms with Crippen molar-refractivity contribution >= 4 is 7.60 Å². The highest BCUT2D eigenvalue weighted by atomic mass is 31.2. The van der Waals surface area contributed by atoms with Crippen LogP contribution in [0.5, 0.6) is 0 Å². The molecule has 6 nitrogen and oxygen atoms in total. The molecule has 0 saturated carbocycles. The van der Waals surface area contributed by atoms with Gasteiger partial charge in [0.25, 0.3) is 0 Å². The summed E-state index contributed by atoms with van der Waals surface area (Å²) >= 11 is 0. The third kappa shape index (κ3) is 4.96. The van der Waals surface area contributed by atoms with Gasteiger partial charge in [-0.2, -0.15) is 0 Å². The number of unbranched alkanes of at least 4 members (excludes halogenated alkanes) is 1. The zero-order chi connectivity index (χ0) is 14.2. The Hall–Kier alpha value is 0.0300. The van der Waals surface area contributed by atoms with Gasteiger partial charge in [0.1, 0.15) is 0 Å². The maximum absolute atomic E-state index is 12.2. The van der Waals surface area contributed by atoms with Crippen molar-refractivity contribution in [3.63, 3.8) is 0 Å². The topological polar surface area (TPSA) is 96.2 Å². The summed E-state index contributed by atoms with van der Waals surface area (Å²) in [6.45, 7) is 4.57. The third-order valence-corrected chi connectivity index (χ3v) is 5.13. The molecule has 18 heavy (non-hydrogen) atoms. The molecule has 2 unspecified atom stereocenters. The molecule has 0 bridgehead atoms. The van der Waals surface area contributed by atoms with E-state index in [9.17, 15) is 14.6 Å². The van der Waals surface area contributed by atoms with Crippen LogP contribution < -0.4 is 0 Å². The van der Waals surface area contributed by atoms with Gasteiger partial charge < -0.3 is 24.4 Å². The van der Waals surface area contributed by atoms with Crippen LogP contribution in [0.4, 0.5) is 0 Å². The van der Waals surface area contributed by atoms with E-state index < -0.39 is 25.5 Å². The Labute approximate surface area is 108 Å². The van der Waals surface area contributed by atoms with Crippen LogP contribution in [0.3, 0.4) is 0 Å². The highest BCUT2D eigenvalue weighted by Crippen LogP contribution is 2.57. The molecule has 0 rings (SSSR count). The van der Waals surface area contributed by atoms with Crippen molar-refractivity contribution < 1.29 is 28.9 Å². The van der Waals surface area contributed by atoms with Gasteiger partial charge in [-0.25, -0.2) is 0 Å². The molecule has 0 aliphatic heterocycles. The summed E-state index contributed by atoms with van der Waals surface area (Å²) in [7, 11) is -3.90. The Kier molecular flexibility index (Phi) is 8.26. The van der Waals surface area contributed by atoms with Crippen molar-refractivity contribution in [1.29, 1.82) is 0 Å². The van der Waals surface area contributed by atoms with Gasteiger partial charge in [-0.05, 0) is 20.3 Å². The van der Waals surface area contributed by atoms with Gasteiger partial charge in [0.15, 0.2) is 0 Å². The molecule has 110 valence electrons. The molecule has 0 heterocycles. The van der Waals surface area contributed by atoms with Gasteiger partial charge in [-0.15, -0.1) is 0 Å². The summed E-state index contributed by atoms with van der Waals surface area (Å²) in [5.74, 6) is 0. The molecule has 0 aliphatic carbocycles. The van der Waals surface area contributed by atoms with Crippen LogP contribution >= 0.6 is 7.60 Å². The summed E-state index contributed by atoms with van der Waals surface area (Å²) in [5, 5.41) is 16.7. The second kappa shape index (κ2) is 8.25. The van der Waals surface area contributed by atoms with E-state index >= 15 is 0 Å². The molecule has 0 aromatic carbocycles. The molecule has 0 aliphatic rings. The lowest BCUT2D eigenvalue weighted by atomic mass is 10.1. The highest BCUT2D eigenvalue weighted by Gasteiger charge is 2.47. The molecule has 0 saturated heterocycles. The first-order chi connectivity index (χ1) is 8.33. The van der Waals surface area contributed by atoms with Gasteiger partial charge in [0, 0.05) is 0 Å². The van der Waals surface area contributed by atoms with E-state index in [0.29, 0.717) is 6.42 Å². The second-order valence-electron chi connectivity index (χ2n) is 4.63. The predicted octanol–water partition coefficient (Wildman–Crippen LogP) is 1.14. The third-order valence-electron chi connectivity index (χ3n) is 2.86. The summed E-state index contributed by atoms with van der Waals surface area (Å²) in [6, 6.07) is 0. The molecule has 7 heteroatoms. The number of aliphatic hydroxyl groups excluding tert-OH is 2. The van der Waals surface area contributed by atoms with Crippen molar-refractivity contribution in [2.24, 2.45) is 0 Å². The fourth-order valence-electron chi connectivity index (χ4n) is 1.36. The fraction of sp³-hybridized carbons (Fsp3) is 1.00. The molecule has 3 N–H and O–H groups in total. The monoisotopic (exact) mass is 284 g/mol. The molecule has 0 amide bonds. The van der Waals surface area contributed by atoms with Crippen LogP contribution in [0, 0.1) is 0 Å². The Morgan fingerprint density at radius 1 is 1.28 bits per heavy atom. The number of ether oxygens (including phenoxy) is 1. The van der Waals surface area contributed by atoms with E-state index in [1.807, 2.05) is 6.92 Å². The van der Waals surface area contributed by atoms with Crippen LogP contribution in [-0.2, 0) is 13.8 Å². The van der Waals surface area contributed by atoms with Crippen LogP contribution in [-0.4, -0.2) is 52.8 Å². The average molecular weight is 284 g/mol. The Bertz CT molecular complexity index is 268. The van der Waals surface area contributed by atoms with Crippen molar-refractivity contribution in [1.82, 2.24) is 0 Å². The smallest absolute Gasteiger partial charge is 0.336 e. The van der Waals surface area contributed by atoms with Gasteiger partial charge in [-0.1, -0.05) is 13.3 Å². The largest absolute Gasteiger partial charge is 0.394 e. The lowest BCUT2D eigenvalue weighted by Gasteiger charge is -2.35. The molecule has 2 atom stereocenters. The predicted molar refractivity (Wildman–Crippen MR) is 68.7 cm³/mol. The minimum atomic E-state index is -3.90. The zero-order valence-electron chi connectivity index (χ0n) is 11.3. The summed E-state index contributed by atoms with van der Waals surface area (Å²) in [5.41, 5.74) is 0. The Morgan fingerprint density at radius 2 is 1.89 bits per heavy atom. The van der Waals surface area contributed by atoms with Crippen LogP contribution in [0.25, 0.3) is 0 Å². The second-order valence-corrected chi connectivity index (χ2v) is 7.08. The normalized spacial score (nSPS) is 17.4. The minimum absolute atomic E-state index is 0.00359. The number of rotatable bonds is 10. The number of hydrogen-bond acceptors (Lipinski definition) is 5. The Morgan fingerprint density at radius 3 is 2.33 bits per heavy atom. The van der Waals surface area contributed by atoms with Crippen LogP contribution in [0.1, 0.15) is 33.6 Å². The highest BCUT2D eigenvalue weighted by molar-refractivity contribution is 7.54. The van der Waals surface area contributed by atoms with Crippen molar-refractivity contribution in [2.45, 2.75) is 44.9 Å². The Balaban J connectivity index is 4.67. The standard InChI is InChI=1S/C11H25O6P/c1-4-5-7-17-18(14,15)11(2,3)10(9-13)16-8-6-12/h10,12-13H,4-9H2,1-3H3,(H,14,15). The molecular weight excluding hydrogens is 259 g/mol. The van der Waals surface area contributed by atoms with E-state index in [2.05, 4.69) is 0 Å². The molecule has 0 aromatic rings. The van der Waals surface area contributed by atoms with Crippen molar-refractivity contribution in [3.8, 4) is 0 Å². The number of hydrogen-bond donors (Lipinski definition) is 3. The summed E-state index contributed by atoms with van der Waals surface area (Å²) in [6.07, 6.45) is 0.703. The van der Waals surface area contributed by atoms with Gasteiger partial charge in [-0.3, -0.25) is 4.57 Å². The van der Waals surface area contributed by atoms with E-state index in [4.69, 9.17) is 14.4 Å². The molecule has 0 fully saturated rings. The van der Waals surface area contributed by atoms with Gasteiger partial charge >= 0.3 is 7.60 Å². The SMILES string of the molecule is CCCCOP(=O)(O)C(C)(C)C(CO)OCCO. The lowest BCUT2D eigenvalue weighted by molar-refractivity contribution is -0.0261. The first-order valence-corrected chi connectivity index (χ1v) is 7.72. The zero-order valence-corrected chi connectivity index (χ0v) is 12.2. The fourth-order valence-corrected chi connectivity index (χ4v) is 2.59. The van der Waals surface area contributed by atoms with Crippen molar-refractivity contribution in [2.75, 3.05) is 26.4 Å².